The summed E-state index contributed by atoms with van der Waals surface area (Å²) < 4.78 is 5.19. The lowest BCUT2D eigenvalue weighted by atomic mass is 10.1. The van der Waals surface area contributed by atoms with Crippen LogP contribution in [-0.2, 0) is 9.59 Å². The molecule has 38 heavy (non-hydrogen) atoms. The van der Waals surface area contributed by atoms with E-state index in [-0.39, 0.29) is 18.2 Å². The monoisotopic (exact) mass is 555 g/mol. The first-order valence-corrected chi connectivity index (χ1v) is 14.7. The number of carbonyl (C=O) groups excluding carboxylic acids is 2. The van der Waals surface area contributed by atoms with Crippen LogP contribution in [0.1, 0.15) is 19.8 Å². The van der Waals surface area contributed by atoms with Gasteiger partial charge in [0.1, 0.15) is 11.8 Å². The molecule has 2 aromatic carbocycles. The van der Waals surface area contributed by atoms with Crippen molar-refractivity contribution in [2.24, 2.45) is 0 Å². The lowest BCUT2D eigenvalue weighted by molar-refractivity contribution is -0.124. The summed E-state index contributed by atoms with van der Waals surface area (Å²) in [6, 6.07) is 14.3. The number of piperazine rings is 1. The largest absolute Gasteiger partial charge is 0.497 e. The first kappa shape index (κ1) is 28.4. The van der Waals surface area contributed by atoms with Crippen LogP contribution in [0.2, 0.25) is 0 Å². The highest BCUT2D eigenvalue weighted by molar-refractivity contribution is 7.98. The normalized spacial score (nSPS) is 18.8. The van der Waals surface area contributed by atoms with E-state index in [0.29, 0.717) is 23.1 Å². The van der Waals surface area contributed by atoms with Gasteiger partial charge in [-0.2, -0.15) is 0 Å². The van der Waals surface area contributed by atoms with Crippen molar-refractivity contribution in [1.82, 2.24) is 14.7 Å². The number of hydrogen-bond donors (Lipinski definition) is 1. The summed E-state index contributed by atoms with van der Waals surface area (Å²) in [6.07, 6.45) is 2.90. The van der Waals surface area contributed by atoms with E-state index in [4.69, 9.17) is 17.0 Å². The van der Waals surface area contributed by atoms with E-state index in [1.165, 1.54) is 0 Å². The van der Waals surface area contributed by atoms with Crippen molar-refractivity contribution in [2.75, 3.05) is 69.4 Å². The van der Waals surface area contributed by atoms with Crippen LogP contribution in [0.3, 0.4) is 0 Å². The van der Waals surface area contributed by atoms with Gasteiger partial charge in [-0.3, -0.25) is 14.5 Å². The molecule has 8 nitrogen and oxygen atoms in total. The van der Waals surface area contributed by atoms with Crippen LogP contribution in [0, 0.1) is 0 Å². The summed E-state index contributed by atoms with van der Waals surface area (Å²) in [4.78, 5) is 36.3. The van der Waals surface area contributed by atoms with E-state index in [1.54, 1.807) is 48.0 Å². The molecule has 2 saturated heterocycles. The maximum atomic E-state index is 13.7. The minimum Gasteiger partial charge on any atom is -0.497 e. The fourth-order valence-corrected chi connectivity index (χ4v) is 5.80. The molecule has 0 radical (unpaired) electrons. The summed E-state index contributed by atoms with van der Waals surface area (Å²) in [7, 11) is 1.60. The molecule has 2 aliphatic heterocycles. The Morgan fingerprint density at radius 3 is 2.45 bits per heavy atom. The minimum atomic E-state index is -0.643. The summed E-state index contributed by atoms with van der Waals surface area (Å²) in [5, 5.41) is 3.38. The quantitative estimate of drug-likeness (QED) is 0.332. The van der Waals surface area contributed by atoms with E-state index >= 15 is 0 Å². The Bertz CT molecular complexity index is 1120. The molecule has 4 rings (SSSR count). The second-order valence-corrected chi connectivity index (χ2v) is 10.7. The molecule has 2 fully saturated rings. The fourth-order valence-electron chi connectivity index (χ4n) is 4.93. The highest BCUT2D eigenvalue weighted by Crippen LogP contribution is 2.30. The molecule has 0 saturated carbocycles. The van der Waals surface area contributed by atoms with Crippen LogP contribution >= 0.6 is 24.0 Å². The zero-order valence-corrected chi connectivity index (χ0v) is 24.0. The molecule has 2 heterocycles. The van der Waals surface area contributed by atoms with E-state index in [1.807, 2.05) is 35.4 Å². The van der Waals surface area contributed by atoms with Gasteiger partial charge in [0, 0.05) is 43.3 Å². The number of thioether (sulfide) groups is 1. The first-order chi connectivity index (χ1) is 18.4. The number of hydrogen-bond acceptors (Lipinski definition) is 7. The molecule has 0 spiro atoms. The summed E-state index contributed by atoms with van der Waals surface area (Å²) in [5.74, 6) is 0.330. The zero-order valence-electron chi connectivity index (χ0n) is 22.4. The number of nitrogens with zero attached hydrogens (tertiary/aromatic N) is 4. The van der Waals surface area contributed by atoms with Crippen LogP contribution in [0.5, 0.6) is 5.75 Å². The summed E-state index contributed by atoms with van der Waals surface area (Å²) >= 11 is 7.46. The lowest BCUT2D eigenvalue weighted by Gasteiger charge is -2.34. The molecular formula is C28H37N5O3S2. The maximum absolute atomic E-state index is 13.7. The van der Waals surface area contributed by atoms with E-state index < -0.39 is 6.04 Å². The van der Waals surface area contributed by atoms with Crippen molar-refractivity contribution >= 4 is 52.3 Å². The SMILES string of the molecule is CCN1CCN(CCCN2C(=S)N(c3cccc(SC)c3)C(=O)[C@@H]2CC(=O)Nc2ccc(OC)cc2)CC1. The van der Waals surface area contributed by atoms with Crippen LogP contribution in [0.15, 0.2) is 53.4 Å². The molecule has 0 bridgehead atoms. The predicted molar refractivity (Wildman–Crippen MR) is 158 cm³/mol. The Kier molecular flexibility index (Phi) is 10.0. The van der Waals surface area contributed by atoms with Crippen LogP contribution in [0.25, 0.3) is 0 Å². The molecule has 204 valence electrons. The number of benzene rings is 2. The Morgan fingerprint density at radius 2 is 1.79 bits per heavy atom. The number of anilines is 2. The van der Waals surface area contributed by atoms with E-state index in [9.17, 15) is 9.59 Å². The first-order valence-electron chi connectivity index (χ1n) is 13.1. The Balaban J connectivity index is 1.46. The third-order valence-electron chi connectivity index (χ3n) is 7.17. The van der Waals surface area contributed by atoms with Crippen molar-refractivity contribution in [1.29, 1.82) is 0 Å². The van der Waals surface area contributed by atoms with Gasteiger partial charge in [0.2, 0.25) is 5.91 Å². The Morgan fingerprint density at radius 1 is 1.08 bits per heavy atom. The van der Waals surface area contributed by atoms with Crippen LogP contribution in [0.4, 0.5) is 11.4 Å². The van der Waals surface area contributed by atoms with Gasteiger partial charge in [-0.25, -0.2) is 0 Å². The van der Waals surface area contributed by atoms with Crippen LogP contribution < -0.4 is 15.0 Å². The van der Waals surface area contributed by atoms with Crippen molar-refractivity contribution in [3.8, 4) is 5.75 Å². The number of ether oxygens (including phenoxy) is 1. The fraction of sp³-hybridized carbons (Fsp3) is 0.464. The molecule has 1 N–H and O–H groups in total. The summed E-state index contributed by atoms with van der Waals surface area (Å²) in [5.41, 5.74) is 1.40. The van der Waals surface area contributed by atoms with E-state index in [0.717, 1.165) is 56.3 Å². The van der Waals surface area contributed by atoms with Gasteiger partial charge in [-0.15, -0.1) is 11.8 Å². The number of nitrogens with one attached hydrogen (secondary N) is 1. The Hall–Kier alpha value is -2.66. The molecule has 2 aliphatic rings. The molecular weight excluding hydrogens is 518 g/mol. The maximum Gasteiger partial charge on any atom is 0.256 e. The molecule has 0 aliphatic carbocycles. The van der Waals surface area contributed by atoms with Crippen molar-refractivity contribution in [3.63, 3.8) is 0 Å². The van der Waals surface area contributed by atoms with Gasteiger partial charge in [0.25, 0.3) is 5.91 Å². The van der Waals surface area contributed by atoms with Crippen LogP contribution in [-0.4, -0.2) is 96.8 Å². The second-order valence-electron chi connectivity index (χ2n) is 9.48. The van der Waals surface area contributed by atoms with Crippen molar-refractivity contribution in [3.05, 3.63) is 48.5 Å². The third kappa shape index (κ3) is 6.85. The highest BCUT2D eigenvalue weighted by Gasteiger charge is 2.44. The number of rotatable bonds is 11. The molecule has 1 atom stereocenters. The average Bonchev–Trinajstić information content (AvgIpc) is 3.17. The molecule has 0 aromatic heterocycles. The number of amides is 2. The van der Waals surface area contributed by atoms with Gasteiger partial charge in [0.05, 0.1) is 19.2 Å². The smallest absolute Gasteiger partial charge is 0.256 e. The average molecular weight is 556 g/mol. The van der Waals surface area contributed by atoms with Gasteiger partial charge in [-0.05, 0) is 80.4 Å². The van der Waals surface area contributed by atoms with Crippen molar-refractivity contribution < 1.29 is 14.3 Å². The van der Waals surface area contributed by atoms with E-state index in [2.05, 4.69) is 22.0 Å². The topological polar surface area (TPSA) is 68.4 Å². The van der Waals surface area contributed by atoms with Crippen molar-refractivity contribution in [2.45, 2.75) is 30.7 Å². The minimum absolute atomic E-state index is 0.0267. The molecule has 10 heteroatoms. The lowest BCUT2D eigenvalue weighted by Crippen LogP contribution is -2.47. The van der Waals surface area contributed by atoms with Gasteiger partial charge < -0.3 is 24.8 Å². The van der Waals surface area contributed by atoms with Gasteiger partial charge >= 0.3 is 0 Å². The molecule has 0 unspecified atom stereocenters. The predicted octanol–water partition coefficient (Wildman–Crippen LogP) is 3.78. The summed E-state index contributed by atoms with van der Waals surface area (Å²) in [6.45, 7) is 9.14. The standard InChI is InChI=1S/C28H37N5O3S2/c1-4-30-15-17-31(18-16-30)13-6-14-32-25(20-26(34)29-21-9-11-23(36-2)12-10-21)27(35)33(28(32)37)22-7-5-8-24(19-22)38-3/h5,7-12,19,25H,4,6,13-18,20H2,1-3H3,(H,29,34)/t25-/m0/s1. The molecule has 2 amide bonds. The molecule has 2 aromatic rings. The number of carbonyl (C=O) groups is 2. The Labute approximate surface area is 235 Å². The number of thiocarbonyl (C=S) groups is 1. The highest BCUT2D eigenvalue weighted by atomic mass is 32.2. The van der Waals surface area contributed by atoms with Gasteiger partial charge in [-0.1, -0.05) is 13.0 Å². The zero-order chi connectivity index (χ0) is 27.1. The number of methoxy groups -OCH3 is 1. The number of likely N-dealkylation sites (N-methyl/N-ethyl adjacent to an activating group) is 1. The third-order valence-corrected chi connectivity index (χ3v) is 8.31. The van der Waals surface area contributed by atoms with Gasteiger partial charge in [0.15, 0.2) is 5.11 Å². The second kappa shape index (κ2) is 13.4.